The average molecular weight is 704 g/mol. The number of furan rings is 1. The molecule has 55 heavy (non-hydrogen) atoms. The first-order valence-electron chi connectivity index (χ1n) is 18.9. The average Bonchev–Trinajstić information content (AvgIpc) is 3.84. The van der Waals surface area contributed by atoms with Gasteiger partial charge in [-0.2, -0.15) is 0 Å². The van der Waals surface area contributed by atoms with E-state index in [4.69, 9.17) is 14.4 Å². The molecule has 12 rings (SSSR count). The molecule has 11 aromatic rings. The van der Waals surface area contributed by atoms with Crippen LogP contribution in [0, 0.1) is 0 Å². The van der Waals surface area contributed by atoms with Gasteiger partial charge in [0.15, 0.2) is 0 Å². The van der Waals surface area contributed by atoms with Gasteiger partial charge >= 0.3 is 0 Å². The number of aromatic nitrogens is 3. The summed E-state index contributed by atoms with van der Waals surface area (Å²) in [5.74, 6) is 0.673. The Morgan fingerprint density at radius 1 is 0.473 bits per heavy atom. The largest absolute Gasteiger partial charge is 0.456 e. The topological polar surface area (TPSA) is 43.9 Å². The first kappa shape index (κ1) is 30.4. The van der Waals surface area contributed by atoms with Gasteiger partial charge in [0.25, 0.3) is 0 Å². The second kappa shape index (κ2) is 11.0. The summed E-state index contributed by atoms with van der Waals surface area (Å²) in [6.45, 7) is 4.64. The van der Waals surface area contributed by atoms with Gasteiger partial charge < -0.3 is 4.42 Å². The molecule has 1 aliphatic carbocycles. The number of rotatable bonds is 3. The molecule has 0 atom stereocenters. The molecule has 258 valence electrons. The van der Waals surface area contributed by atoms with Crippen LogP contribution in [0.25, 0.3) is 105 Å². The molecule has 0 aliphatic heterocycles. The van der Waals surface area contributed by atoms with Gasteiger partial charge in [0, 0.05) is 49.0 Å². The highest BCUT2D eigenvalue weighted by Crippen LogP contribution is 2.52. The number of nitrogens with zero attached hydrogens (tertiary/aromatic N) is 3. The SMILES string of the molecule is CC1(C)c2cc(-c3ccc4c(c3)oc3ccccc34)ccc2-c2nc(-n3c4cc5ccccc5cc4c4ccc5ccccc5c43)nc(-c3ccccc3)c21. The third-order valence-corrected chi connectivity index (χ3v) is 11.9. The normalized spacial score (nSPS) is 13.4. The predicted molar refractivity (Wildman–Crippen MR) is 227 cm³/mol. The van der Waals surface area contributed by atoms with E-state index in [-0.39, 0.29) is 5.41 Å². The van der Waals surface area contributed by atoms with E-state index in [0.29, 0.717) is 5.95 Å². The highest BCUT2D eigenvalue weighted by atomic mass is 16.3. The molecule has 4 heteroatoms. The molecule has 0 bridgehead atoms. The van der Waals surface area contributed by atoms with Crippen LogP contribution in [0.1, 0.15) is 25.0 Å². The molecule has 3 aromatic heterocycles. The van der Waals surface area contributed by atoms with Crippen LogP contribution in [0.5, 0.6) is 0 Å². The molecule has 4 nitrogen and oxygen atoms in total. The van der Waals surface area contributed by atoms with E-state index in [0.717, 1.165) is 72.2 Å². The Labute approximate surface area is 316 Å². The van der Waals surface area contributed by atoms with Crippen molar-refractivity contribution in [3.8, 4) is 39.6 Å². The summed E-state index contributed by atoms with van der Waals surface area (Å²) in [4.78, 5) is 11.2. The van der Waals surface area contributed by atoms with Crippen molar-refractivity contribution in [1.29, 1.82) is 0 Å². The summed E-state index contributed by atoms with van der Waals surface area (Å²) in [6.07, 6.45) is 0. The molecule has 0 saturated carbocycles. The Kier molecular flexibility index (Phi) is 6.09. The minimum Gasteiger partial charge on any atom is -0.456 e. The van der Waals surface area contributed by atoms with Gasteiger partial charge in [0.2, 0.25) is 5.95 Å². The molecule has 1 aliphatic rings. The van der Waals surface area contributed by atoms with Crippen molar-refractivity contribution in [1.82, 2.24) is 14.5 Å². The fraction of sp³-hybridized carbons (Fsp3) is 0.0588. The van der Waals surface area contributed by atoms with E-state index in [1.807, 2.05) is 12.1 Å². The highest BCUT2D eigenvalue weighted by Gasteiger charge is 2.40. The van der Waals surface area contributed by atoms with Gasteiger partial charge in [-0.15, -0.1) is 0 Å². The van der Waals surface area contributed by atoms with Crippen molar-refractivity contribution in [3.05, 3.63) is 175 Å². The highest BCUT2D eigenvalue weighted by molar-refractivity contribution is 6.20. The maximum atomic E-state index is 6.30. The lowest BCUT2D eigenvalue weighted by atomic mass is 9.80. The van der Waals surface area contributed by atoms with E-state index < -0.39 is 0 Å². The van der Waals surface area contributed by atoms with E-state index in [9.17, 15) is 0 Å². The number of benzene rings is 8. The van der Waals surface area contributed by atoms with Crippen molar-refractivity contribution in [2.75, 3.05) is 0 Å². The Balaban J connectivity index is 1.13. The van der Waals surface area contributed by atoms with Crippen LogP contribution in [0.3, 0.4) is 0 Å². The summed E-state index contributed by atoms with van der Waals surface area (Å²) in [5.41, 5.74) is 12.5. The van der Waals surface area contributed by atoms with Crippen LogP contribution < -0.4 is 0 Å². The molecule has 0 amide bonds. The van der Waals surface area contributed by atoms with Crippen molar-refractivity contribution < 1.29 is 4.42 Å². The van der Waals surface area contributed by atoms with Gasteiger partial charge in [0.1, 0.15) is 11.2 Å². The molecule has 0 N–H and O–H groups in total. The van der Waals surface area contributed by atoms with Crippen LogP contribution in [-0.4, -0.2) is 14.5 Å². The lowest BCUT2D eigenvalue weighted by Crippen LogP contribution is -2.18. The van der Waals surface area contributed by atoms with E-state index >= 15 is 0 Å². The Bertz CT molecular complexity index is 3400. The lowest BCUT2D eigenvalue weighted by Gasteiger charge is -2.24. The van der Waals surface area contributed by atoms with E-state index in [2.05, 4.69) is 170 Å². The standard InChI is InChI=1S/C51H33N3O/c1-51(2)42-27-34(35-21-23-38-37-18-10-11-19-44(37)55-45(38)29-35)22-25-40(42)48-46(51)47(31-13-4-3-5-14-31)52-50(53-48)54-43-28-33-16-7-6-15-32(33)26-41(43)39-24-20-30-12-8-9-17-36(30)49(39)54/h3-29H,1-2H3. The molecule has 8 aromatic carbocycles. The number of para-hydroxylation sites is 1. The minimum absolute atomic E-state index is 0.364. The molecule has 3 heterocycles. The number of hydrogen-bond acceptors (Lipinski definition) is 3. The summed E-state index contributed by atoms with van der Waals surface area (Å²) in [5, 5.41) is 9.43. The van der Waals surface area contributed by atoms with Gasteiger partial charge in [-0.25, -0.2) is 9.97 Å². The van der Waals surface area contributed by atoms with Crippen LogP contribution in [0.4, 0.5) is 0 Å². The zero-order valence-corrected chi connectivity index (χ0v) is 30.3. The lowest BCUT2D eigenvalue weighted by molar-refractivity contribution is 0.657. The van der Waals surface area contributed by atoms with Gasteiger partial charge in [-0.3, -0.25) is 4.57 Å². The second-order valence-electron chi connectivity index (χ2n) is 15.4. The number of hydrogen-bond donors (Lipinski definition) is 0. The van der Waals surface area contributed by atoms with Crippen LogP contribution in [0.2, 0.25) is 0 Å². The second-order valence-corrected chi connectivity index (χ2v) is 15.4. The van der Waals surface area contributed by atoms with Crippen molar-refractivity contribution in [2.24, 2.45) is 0 Å². The van der Waals surface area contributed by atoms with Crippen LogP contribution in [0.15, 0.2) is 168 Å². The predicted octanol–water partition coefficient (Wildman–Crippen LogP) is 13.4. The quantitative estimate of drug-likeness (QED) is 0.184. The Morgan fingerprint density at radius 3 is 1.98 bits per heavy atom. The smallest absolute Gasteiger partial charge is 0.235 e. The molecule has 0 radical (unpaired) electrons. The third kappa shape index (κ3) is 4.28. The molecular weight excluding hydrogens is 671 g/mol. The zero-order chi connectivity index (χ0) is 36.4. The van der Waals surface area contributed by atoms with Gasteiger partial charge in [-0.1, -0.05) is 141 Å². The maximum Gasteiger partial charge on any atom is 0.235 e. The van der Waals surface area contributed by atoms with Crippen molar-refractivity contribution >= 4 is 65.3 Å². The maximum absolute atomic E-state index is 6.30. The molecule has 0 spiro atoms. The first-order chi connectivity index (χ1) is 27.0. The Hall–Kier alpha value is -7.04. The zero-order valence-electron chi connectivity index (χ0n) is 30.3. The summed E-state index contributed by atoms with van der Waals surface area (Å²) < 4.78 is 8.62. The van der Waals surface area contributed by atoms with Crippen LogP contribution in [-0.2, 0) is 5.41 Å². The number of fused-ring (bicyclic) bond motifs is 12. The summed E-state index contributed by atoms with van der Waals surface area (Å²) in [6, 6.07) is 58.7. The molecular formula is C51H33N3O. The van der Waals surface area contributed by atoms with Crippen LogP contribution >= 0.6 is 0 Å². The van der Waals surface area contributed by atoms with Gasteiger partial charge in [0.05, 0.1) is 22.4 Å². The summed E-state index contributed by atoms with van der Waals surface area (Å²) >= 11 is 0. The Morgan fingerprint density at radius 2 is 1.13 bits per heavy atom. The fourth-order valence-electron chi connectivity index (χ4n) is 9.30. The minimum atomic E-state index is -0.364. The monoisotopic (exact) mass is 703 g/mol. The first-order valence-corrected chi connectivity index (χ1v) is 18.9. The van der Waals surface area contributed by atoms with Gasteiger partial charge in [-0.05, 0) is 69.2 Å². The summed E-state index contributed by atoms with van der Waals surface area (Å²) in [7, 11) is 0. The van der Waals surface area contributed by atoms with Crippen molar-refractivity contribution in [2.45, 2.75) is 19.3 Å². The molecule has 0 saturated heterocycles. The fourth-order valence-corrected chi connectivity index (χ4v) is 9.30. The van der Waals surface area contributed by atoms with E-state index in [1.165, 1.54) is 37.9 Å². The molecule has 0 fully saturated rings. The third-order valence-electron chi connectivity index (χ3n) is 11.9. The van der Waals surface area contributed by atoms with Crippen molar-refractivity contribution in [3.63, 3.8) is 0 Å². The van der Waals surface area contributed by atoms with E-state index in [1.54, 1.807) is 0 Å². The molecule has 0 unspecified atom stereocenters.